The van der Waals surface area contributed by atoms with Crippen molar-refractivity contribution in [2.24, 2.45) is 4.99 Å². The predicted molar refractivity (Wildman–Crippen MR) is 83.5 cm³/mol. The number of unbranched alkanes of at least 4 members (excludes halogenated alkanes) is 3. The molecule has 8 nitrogen and oxygen atoms in total. The second kappa shape index (κ2) is 10.7. The summed E-state index contributed by atoms with van der Waals surface area (Å²) in [6.07, 6.45) is 5.04. The number of H-pyrrole nitrogens is 1. The number of carbonyl (C=O) groups excluding carboxylic acids is 1. The van der Waals surface area contributed by atoms with E-state index in [2.05, 4.69) is 25.6 Å². The number of ether oxygens (including phenoxy) is 1. The van der Waals surface area contributed by atoms with Crippen molar-refractivity contribution in [2.45, 2.75) is 39.0 Å². The molecular weight excluding hydrogens is 286 g/mol. The molecule has 0 saturated carbocycles. The zero-order chi connectivity index (χ0) is 16.2. The lowest BCUT2D eigenvalue weighted by atomic mass is 10.2. The molecule has 0 amide bonds. The summed E-state index contributed by atoms with van der Waals surface area (Å²) in [7, 11) is 1.57. The summed E-state index contributed by atoms with van der Waals surface area (Å²) in [5, 5.41) is 6.15. The Labute approximate surface area is 129 Å². The number of rotatable bonds is 11. The van der Waals surface area contributed by atoms with E-state index in [1.807, 2.05) is 0 Å². The molecule has 1 heterocycles. The van der Waals surface area contributed by atoms with Crippen LogP contribution in [-0.4, -0.2) is 42.6 Å². The van der Waals surface area contributed by atoms with Crippen molar-refractivity contribution in [1.82, 2.24) is 15.3 Å². The van der Waals surface area contributed by atoms with Crippen molar-refractivity contribution >= 4 is 12.0 Å². The molecule has 0 spiro atoms. The number of aromatic nitrogens is 2. The summed E-state index contributed by atoms with van der Waals surface area (Å²) in [6.45, 7) is 3.06. The van der Waals surface area contributed by atoms with E-state index in [9.17, 15) is 9.59 Å². The number of anilines is 1. The number of nitrogens with one attached hydrogen (secondary N) is 3. The Morgan fingerprint density at radius 1 is 1.41 bits per heavy atom. The van der Waals surface area contributed by atoms with Gasteiger partial charge in [-0.05, 0) is 26.3 Å². The normalized spacial score (nSPS) is 11.7. The molecule has 0 fully saturated rings. The summed E-state index contributed by atoms with van der Waals surface area (Å²) in [5.41, 5.74) is 0.432. The van der Waals surface area contributed by atoms with Crippen LogP contribution < -0.4 is 16.2 Å². The molecule has 8 heteroatoms. The van der Waals surface area contributed by atoms with Crippen LogP contribution >= 0.6 is 0 Å². The van der Waals surface area contributed by atoms with E-state index in [-0.39, 0.29) is 5.56 Å². The standard InChI is InChI=1S/C14H23N5O3/c1-11-9-12(21)18-13(17-11)19-14(22-2)16-8-6-4-3-5-7-15-10-20/h9,14,16H,3-8H2,1-2H3,(H2,17,18,19,21)/t14-/m1/s1. The SMILES string of the molecule is CO[C@H](NCCCCCCN=C=O)Nc1nc(C)cc(=O)[nH]1. The van der Waals surface area contributed by atoms with Crippen LogP contribution in [0.15, 0.2) is 15.9 Å². The van der Waals surface area contributed by atoms with Crippen LogP contribution in [-0.2, 0) is 9.53 Å². The third-order valence-corrected chi connectivity index (χ3v) is 2.96. The van der Waals surface area contributed by atoms with Crippen LogP contribution in [0.5, 0.6) is 0 Å². The molecule has 0 aliphatic carbocycles. The molecular formula is C14H23N5O3. The lowest BCUT2D eigenvalue weighted by Crippen LogP contribution is -2.39. The fraction of sp³-hybridized carbons (Fsp3) is 0.643. The average molecular weight is 309 g/mol. The van der Waals surface area contributed by atoms with Crippen LogP contribution in [0.2, 0.25) is 0 Å². The number of aliphatic imine (C=N–C) groups is 1. The Hall–Kier alpha value is -2.02. The van der Waals surface area contributed by atoms with Crippen molar-refractivity contribution in [3.63, 3.8) is 0 Å². The van der Waals surface area contributed by atoms with Gasteiger partial charge in [-0.1, -0.05) is 12.8 Å². The number of methoxy groups -OCH3 is 1. The Morgan fingerprint density at radius 3 is 2.86 bits per heavy atom. The van der Waals surface area contributed by atoms with Gasteiger partial charge in [-0.25, -0.2) is 14.8 Å². The number of nitrogens with zero attached hydrogens (tertiary/aromatic N) is 2. The highest BCUT2D eigenvalue weighted by molar-refractivity contribution is 5.32. The van der Waals surface area contributed by atoms with Crippen molar-refractivity contribution < 1.29 is 9.53 Å². The van der Waals surface area contributed by atoms with E-state index in [4.69, 9.17) is 4.74 Å². The number of hydrogen-bond acceptors (Lipinski definition) is 7. The summed E-state index contributed by atoms with van der Waals surface area (Å²) in [5.74, 6) is 0.371. The van der Waals surface area contributed by atoms with Crippen molar-refractivity contribution in [1.29, 1.82) is 0 Å². The minimum Gasteiger partial charge on any atom is -0.348 e. The van der Waals surface area contributed by atoms with Gasteiger partial charge in [-0.2, -0.15) is 0 Å². The summed E-state index contributed by atoms with van der Waals surface area (Å²) < 4.78 is 5.25. The monoisotopic (exact) mass is 309 g/mol. The average Bonchev–Trinajstić information content (AvgIpc) is 2.47. The molecule has 122 valence electrons. The zero-order valence-corrected chi connectivity index (χ0v) is 13.0. The van der Waals surface area contributed by atoms with E-state index >= 15 is 0 Å². The van der Waals surface area contributed by atoms with Crippen LogP contribution in [0.25, 0.3) is 0 Å². The maximum atomic E-state index is 11.4. The molecule has 0 aliphatic heterocycles. The molecule has 3 N–H and O–H groups in total. The van der Waals surface area contributed by atoms with Gasteiger partial charge in [-0.15, -0.1) is 0 Å². The lowest BCUT2D eigenvalue weighted by Gasteiger charge is -2.18. The second-order valence-electron chi connectivity index (χ2n) is 4.84. The van der Waals surface area contributed by atoms with Gasteiger partial charge in [0.1, 0.15) is 0 Å². The minimum absolute atomic E-state index is 0.206. The van der Waals surface area contributed by atoms with Crippen LogP contribution in [0.1, 0.15) is 31.4 Å². The topological polar surface area (TPSA) is 108 Å². The van der Waals surface area contributed by atoms with Crippen LogP contribution in [0.3, 0.4) is 0 Å². The predicted octanol–water partition coefficient (Wildman–Crippen LogP) is 0.906. The molecule has 1 aromatic heterocycles. The Morgan fingerprint density at radius 2 is 2.18 bits per heavy atom. The van der Waals surface area contributed by atoms with E-state index in [0.717, 1.165) is 32.2 Å². The first kappa shape index (κ1) is 18.0. The molecule has 0 unspecified atom stereocenters. The largest absolute Gasteiger partial charge is 0.348 e. The molecule has 1 aromatic rings. The summed E-state index contributed by atoms with van der Waals surface area (Å²) in [4.78, 5) is 31.5. The molecule has 0 saturated heterocycles. The third-order valence-electron chi connectivity index (χ3n) is 2.96. The molecule has 22 heavy (non-hydrogen) atoms. The quantitative estimate of drug-likeness (QED) is 0.243. The van der Waals surface area contributed by atoms with Crippen molar-refractivity contribution in [3.05, 3.63) is 22.1 Å². The van der Waals surface area contributed by atoms with Gasteiger partial charge in [0.15, 0.2) is 6.35 Å². The highest BCUT2D eigenvalue weighted by Gasteiger charge is 2.07. The van der Waals surface area contributed by atoms with Gasteiger partial charge < -0.3 is 10.1 Å². The molecule has 0 radical (unpaired) electrons. The smallest absolute Gasteiger partial charge is 0.252 e. The van der Waals surface area contributed by atoms with E-state index in [1.165, 1.54) is 12.1 Å². The number of isocyanates is 1. The van der Waals surface area contributed by atoms with Crippen LogP contribution in [0.4, 0.5) is 5.95 Å². The first-order valence-electron chi connectivity index (χ1n) is 7.30. The third kappa shape index (κ3) is 7.68. The van der Waals surface area contributed by atoms with Gasteiger partial charge in [-0.3, -0.25) is 15.1 Å². The molecule has 0 aromatic carbocycles. The Balaban J connectivity index is 2.24. The molecule has 0 bridgehead atoms. The van der Waals surface area contributed by atoms with Gasteiger partial charge in [0.05, 0.1) is 6.54 Å². The van der Waals surface area contributed by atoms with Crippen molar-refractivity contribution in [3.8, 4) is 0 Å². The van der Waals surface area contributed by atoms with Gasteiger partial charge in [0.25, 0.3) is 5.56 Å². The molecule has 0 aliphatic rings. The van der Waals surface area contributed by atoms with Crippen LogP contribution in [0, 0.1) is 6.92 Å². The highest BCUT2D eigenvalue weighted by Crippen LogP contribution is 2.01. The number of aromatic amines is 1. The van der Waals surface area contributed by atoms with E-state index < -0.39 is 6.35 Å². The maximum Gasteiger partial charge on any atom is 0.252 e. The first-order chi connectivity index (χ1) is 10.7. The van der Waals surface area contributed by atoms with Gasteiger partial charge >= 0.3 is 0 Å². The first-order valence-corrected chi connectivity index (χ1v) is 7.30. The number of aryl methyl sites for hydroxylation is 1. The van der Waals surface area contributed by atoms with Gasteiger partial charge in [0.2, 0.25) is 12.0 Å². The molecule has 1 atom stereocenters. The zero-order valence-electron chi connectivity index (χ0n) is 13.0. The fourth-order valence-corrected chi connectivity index (χ4v) is 1.91. The molecule has 1 rings (SSSR count). The Bertz CT molecular complexity index is 540. The van der Waals surface area contributed by atoms with E-state index in [1.54, 1.807) is 14.0 Å². The fourth-order valence-electron chi connectivity index (χ4n) is 1.91. The Kier molecular flexibility index (Phi) is 8.74. The second-order valence-corrected chi connectivity index (χ2v) is 4.84. The maximum absolute atomic E-state index is 11.4. The summed E-state index contributed by atoms with van der Waals surface area (Å²) in [6, 6.07) is 1.43. The lowest BCUT2D eigenvalue weighted by molar-refractivity contribution is 0.0957. The van der Waals surface area contributed by atoms with Crippen molar-refractivity contribution in [2.75, 3.05) is 25.5 Å². The van der Waals surface area contributed by atoms with E-state index in [0.29, 0.717) is 18.2 Å². The number of hydrogen-bond donors (Lipinski definition) is 3. The summed E-state index contributed by atoms with van der Waals surface area (Å²) >= 11 is 0. The minimum atomic E-state index is -0.426. The van der Waals surface area contributed by atoms with Gasteiger partial charge in [0, 0.05) is 18.9 Å². The highest BCUT2D eigenvalue weighted by atomic mass is 16.5.